The summed E-state index contributed by atoms with van der Waals surface area (Å²) in [5.41, 5.74) is 2.37. The highest BCUT2D eigenvalue weighted by Crippen LogP contribution is 2.25. The third kappa shape index (κ3) is 4.41. The number of fused-ring (bicyclic) bond motifs is 1. The van der Waals surface area contributed by atoms with Crippen LogP contribution in [0.15, 0.2) is 58.5 Å². The standard InChI is InChI=1S/C21H19N3O3S/c1-14-7-9-15(10-8-14)11-16(12-22)28-21-23-18-6-4-3-5-17(18)20(26)24(21)13-19(25)27-2/h3-10,16H,11,13H2,1-2H3/t16-/m0/s1. The van der Waals surface area contributed by atoms with Gasteiger partial charge in [0.25, 0.3) is 5.56 Å². The first-order chi connectivity index (χ1) is 13.5. The number of methoxy groups -OCH3 is 1. The van der Waals surface area contributed by atoms with Gasteiger partial charge in [0.1, 0.15) is 11.8 Å². The third-order valence-electron chi connectivity index (χ3n) is 4.27. The molecule has 0 spiro atoms. The maximum atomic E-state index is 12.9. The van der Waals surface area contributed by atoms with E-state index in [1.54, 1.807) is 24.3 Å². The van der Waals surface area contributed by atoms with Crippen molar-refractivity contribution in [3.63, 3.8) is 0 Å². The molecule has 0 bridgehead atoms. The number of aromatic nitrogens is 2. The fraction of sp³-hybridized carbons (Fsp3) is 0.238. The van der Waals surface area contributed by atoms with Gasteiger partial charge in [0.15, 0.2) is 5.16 Å². The first-order valence-electron chi connectivity index (χ1n) is 8.70. The molecule has 0 saturated carbocycles. The Morgan fingerprint density at radius 3 is 2.64 bits per heavy atom. The van der Waals surface area contributed by atoms with Crippen molar-refractivity contribution in [2.75, 3.05) is 7.11 Å². The molecule has 0 aliphatic carbocycles. The lowest BCUT2D eigenvalue weighted by atomic mass is 10.1. The number of para-hydroxylation sites is 1. The number of thioether (sulfide) groups is 1. The molecule has 1 atom stereocenters. The fourth-order valence-electron chi connectivity index (χ4n) is 2.75. The van der Waals surface area contributed by atoms with Crippen molar-refractivity contribution in [2.45, 2.75) is 30.3 Å². The zero-order chi connectivity index (χ0) is 20.1. The number of carbonyl (C=O) groups is 1. The Morgan fingerprint density at radius 2 is 1.96 bits per heavy atom. The normalized spacial score (nSPS) is 11.8. The third-order valence-corrected chi connectivity index (χ3v) is 5.35. The zero-order valence-electron chi connectivity index (χ0n) is 15.6. The number of rotatable bonds is 6. The first-order valence-corrected chi connectivity index (χ1v) is 9.58. The SMILES string of the molecule is COC(=O)Cn1c(S[C@H](C#N)Cc2ccc(C)cc2)nc2ccccc2c1=O. The summed E-state index contributed by atoms with van der Waals surface area (Å²) in [6.45, 7) is 1.75. The summed E-state index contributed by atoms with van der Waals surface area (Å²) in [5.74, 6) is -0.548. The van der Waals surface area contributed by atoms with E-state index < -0.39 is 11.2 Å². The largest absolute Gasteiger partial charge is 0.468 e. The summed E-state index contributed by atoms with van der Waals surface area (Å²) in [5, 5.41) is 9.91. The molecule has 0 saturated heterocycles. The highest BCUT2D eigenvalue weighted by atomic mass is 32.2. The molecule has 0 aliphatic heterocycles. The van der Waals surface area contributed by atoms with Crippen LogP contribution in [0.1, 0.15) is 11.1 Å². The summed E-state index contributed by atoms with van der Waals surface area (Å²) in [6.07, 6.45) is 0.502. The van der Waals surface area contributed by atoms with Gasteiger partial charge in [-0.15, -0.1) is 0 Å². The topological polar surface area (TPSA) is 85.0 Å². The lowest BCUT2D eigenvalue weighted by molar-refractivity contribution is -0.141. The van der Waals surface area contributed by atoms with Crippen molar-refractivity contribution in [1.82, 2.24) is 9.55 Å². The Labute approximate surface area is 166 Å². The number of benzene rings is 2. The quantitative estimate of drug-likeness (QED) is 0.363. The minimum atomic E-state index is -0.548. The van der Waals surface area contributed by atoms with E-state index in [4.69, 9.17) is 4.74 Å². The summed E-state index contributed by atoms with van der Waals surface area (Å²) in [4.78, 5) is 29.2. The van der Waals surface area contributed by atoms with Crippen LogP contribution >= 0.6 is 11.8 Å². The van der Waals surface area contributed by atoms with Crippen LogP contribution < -0.4 is 5.56 Å². The molecule has 3 rings (SSSR count). The molecule has 0 aliphatic rings. The molecule has 0 unspecified atom stereocenters. The van der Waals surface area contributed by atoms with E-state index in [9.17, 15) is 14.9 Å². The Morgan fingerprint density at radius 1 is 1.25 bits per heavy atom. The van der Waals surface area contributed by atoms with Crippen LogP contribution in [-0.4, -0.2) is 27.9 Å². The Bertz CT molecular complexity index is 1100. The molecule has 1 aromatic heterocycles. The summed E-state index contributed by atoms with van der Waals surface area (Å²) < 4.78 is 5.99. The van der Waals surface area contributed by atoms with E-state index in [1.165, 1.54) is 23.4 Å². The molecule has 6 nitrogen and oxygen atoms in total. The molecular formula is C21H19N3O3S. The van der Waals surface area contributed by atoms with Crippen LogP contribution in [0, 0.1) is 18.3 Å². The minimum absolute atomic E-state index is 0.252. The van der Waals surface area contributed by atoms with Gasteiger partial charge >= 0.3 is 5.97 Å². The van der Waals surface area contributed by atoms with Crippen LogP contribution in [0.4, 0.5) is 0 Å². The highest BCUT2D eigenvalue weighted by molar-refractivity contribution is 8.00. The van der Waals surface area contributed by atoms with Gasteiger partial charge in [0, 0.05) is 0 Å². The predicted octanol–water partition coefficient (Wildman–Crippen LogP) is 3.10. The van der Waals surface area contributed by atoms with Gasteiger partial charge in [-0.1, -0.05) is 53.7 Å². The molecule has 1 heterocycles. The lowest BCUT2D eigenvalue weighted by Crippen LogP contribution is -2.28. The molecule has 0 N–H and O–H groups in total. The Balaban J connectivity index is 1.98. The van der Waals surface area contributed by atoms with Gasteiger partial charge in [-0.05, 0) is 31.0 Å². The molecular weight excluding hydrogens is 374 g/mol. The lowest BCUT2D eigenvalue weighted by Gasteiger charge is -2.14. The van der Waals surface area contributed by atoms with E-state index in [0.717, 1.165) is 11.1 Å². The van der Waals surface area contributed by atoms with Crippen molar-refractivity contribution in [1.29, 1.82) is 5.26 Å². The average Bonchev–Trinajstić information content (AvgIpc) is 2.71. The van der Waals surface area contributed by atoms with Crippen LogP contribution in [0.5, 0.6) is 0 Å². The number of esters is 1. The van der Waals surface area contributed by atoms with Gasteiger partial charge in [0.2, 0.25) is 0 Å². The average molecular weight is 393 g/mol. The smallest absolute Gasteiger partial charge is 0.325 e. The van der Waals surface area contributed by atoms with Crippen molar-refractivity contribution < 1.29 is 9.53 Å². The molecule has 3 aromatic rings. The van der Waals surface area contributed by atoms with E-state index in [1.807, 2.05) is 31.2 Å². The molecule has 0 amide bonds. The van der Waals surface area contributed by atoms with E-state index >= 15 is 0 Å². The summed E-state index contributed by atoms with van der Waals surface area (Å²) >= 11 is 1.18. The maximum absolute atomic E-state index is 12.9. The monoisotopic (exact) mass is 393 g/mol. The van der Waals surface area contributed by atoms with Crippen molar-refractivity contribution >= 4 is 28.6 Å². The first kappa shape index (κ1) is 19.6. The second kappa shape index (κ2) is 8.72. The maximum Gasteiger partial charge on any atom is 0.325 e. The van der Waals surface area contributed by atoms with E-state index in [-0.39, 0.29) is 12.1 Å². The number of nitrogens with zero attached hydrogens (tertiary/aromatic N) is 3. The minimum Gasteiger partial charge on any atom is -0.468 e. The van der Waals surface area contributed by atoms with Crippen LogP contribution in [-0.2, 0) is 22.5 Å². The number of hydrogen-bond acceptors (Lipinski definition) is 6. The number of nitriles is 1. The number of ether oxygens (including phenoxy) is 1. The predicted molar refractivity (Wildman–Crippen MR) is 108 cm³/mol. The van der Waals surface area contributed by atoms with Gasteiger partial charge in [-0.3, -0.25) is 14.2 Å². The second-order valence-corrected chi connectivity index (χ2v) is 7.47. The fourth-order valence-corrected chi connectivity index (χ4v) is 3.76. The molecule has 0 radical (unpaired) electrons. The summed E-state index contributed by atoms with van der Waals surface area (Å²) in [6, 6.07) is 17.2. The molecule has 0 fully saturated rings. The van der Waals surface area contributed by atoms with E-state index in [0.29, 0.717) is 22.5 Å². The second-order valence-electron chi connectivity index (χ2n) is 6.30. The van der Waals surface area contributed by atoms with Crippen molar-refractivity contribution in [2.24, 2.45) is 0 Å². The van der Waals surface area contributed by atoms with Gasteiger partial charge in [-0.2, -0.15) is 5.26 Å². The summed E-state index contributed by atoms with van der Waals surface area (Å²) in [7, 11) is 1.27. The van der Waals surface area contributed by atoms with Crippen LogP contribution in [0.3, 0.4) is 0 Å². The molecule has 7 heteroatoms. The van der Waals surface area contributed by atoms with E-state index in [2.05, 4.69) is 11.1 Å². The Kier molecular flexibility index (Phi) is 6.12. The van der Waals surface area contributed by atoms with Crippen LogP contribution in [0.2, 0.25) is 0 Å². The number of carbonyl (C=O) groups excluding carboxylic acids is 1. The molecule has 2 aromatic carbocycles. The zero-order valence-corrected chi connectivity index (χ0v) is 16.4. The van der Waals surface area contributed by atoms with Gasteiger partial charge in [0.05, 0.1) is 24.1 Å². The Hall–Kier alpha value is -3.11. The van der Waals surface area contributed by atoms with Crippen molar-refractivity contribution in [3.8, 4) is 6.07 Å². The molecule has 28 heavy (non-hydrogen) atoms. The van der Waals surface area contributed by atoms with Gasteiger partial charge in [-0.25, -0.2) is 4.98 Å². The van der Waals surface area contributed by atoms with Gasteiger partial charge < -0.3 is 4.74 Å². The van der Waals surface area contributed by atoms with Crippen molar-refractivity contribution in [3.05, 3.63) is 70.0 Å². The number of hydrogen-bond donors (Lipinski definition) is 0. The molecule has 142 valence electrons. The van der Waals surface area contributed by atoms with Crippen LogP contribution in [0.25, 0.3) is 10.9 Å². The highest BCUT2D eigenvalue weighted by Gasteiger charge is 2.19. The number of aryl methyl sites for hydroxylation is 1.